The minimum Gasteiger partial charge on any atom is -0.297 e. The molecule has 0 spiro atoms. The largest absolute Gasteiger partial charge is 0.330 e. The maximum absolute atomic E-state index is 12.0. The topological polar surface area (TPSA) is 47.2 Å². The van der Waals surface area contributed by atoms with E-state index in [-0.39, 0.29) is 11.2 Å². The Bertz CT molecular complexity index is 847. The average Bonchev–Trinajstić information content (AvgIpc) is 2.58. The summed E-state index contributed by atoms with van der Waals surface area (Å²) in [6.07, 6.45) is 2.97. The number of hydrogen-bond donors (Lipinski definition) is 0. The highest BCUT2D eigenvalue weighted by Gasteiger charge is 2.16. The molecule has 1 aromatic heterocycles. The van der Waals surface area contributed by atoms with Crippen molar-refractivity contribution in [1.29, 1.82) is 0 Å². The molecule has 1 aromatic carbocycles. The molecule has 0 saturated heterocycles. The van der Waals surface area contributed by atoms with E-state index in [1.165, 1.54) is 12.6 Å². The molecular formula is C18H21N3O2. The summed E-state index contributed by atoms with van der Waals surface area (Å²) in [7, 11) is 3.22. The molecular weight excluding hydrogens is 290 g/mol. The van der Waals surface area contributed by atoms with Crippen LogP contribution in [-0.2, 0) is 20.6 Å². The highest BCUT2D eigenvalue weighted by Crippen LogP contribution is 2.21. The standard InChI is InChI=1S/C18H21N3O2/c1-19-16(12-17(22)20(2)18(19)23)15-8-10-21(11-9-15)13-14-6-4-3-5-7-14/h3-8,12H,9-11,13H2,1-2H3. The van der Waals surface area contributed by atoms with E-state index in [1.54, 1.807) is 17.7 Å². The van der Waals surface area contributed by atoms with E-state index in [4.69, 9.17) is 0 Å². The molecule has 0 radical (unpaired) electrons. The summed E-state index contributed by atoms with van der Waals surface area (Å²) in [5, 5.41) is 0. The van der Waals surface area contributed by atoms with Crippen molar-refractivity contribution in [1.82, 2.24) is 14.0 Å². The van der Waals surface area contributed by atoms with Gasteiger partial charge < -0.3 is 0 Å². The Morgan fingerprint density at radius 1 is 1.04 bits per heavy atom. The van der Waals surface area contributed by atoms with Gasteiger partial charge in [0, 0.05) is 39.8 Å². The molecule has 2 heterocycles. The predicted octanol–water partition coefficient (Wildman–Crippen LogP) is 1.37. The maximum atomic E-state index is 12.0. The van der Waals surface area contributed by atoms with Gasteiger partial charge in [0.2, 0.25) is 0 Å². The van der Waals surface area contributed by atoms with Crippen LogP contribution in [0.25, 0.3) is 5.57 Å². The smallest absolute Gasteiger partial charge is 0.297 e. The quantitative estimate of drug-likeness (QED) is 0.860. The Labute approximate surface area is 135 Å². The Kier molecular flexibility index (Phi) is 4.30. The molecule has 2 aromatic rings. The molecule has 0 atom stereocenters. The number of aromatic nitrogens is 2. The van der Waals surface area contributed by atoms with Crippen molar-refractivity contribution in [3.8, 4) is 0 Å². The first kappa shape index (κ1) is 15.5. The highest BCUT2D eigenvalue weighted by molar-refractivity contribution is 5.63. The van der Waals surface area contributed by atoms with E-state index in [0.717, 1.165) is 41.9 Å². The summed E-state index contributed by atoms with van der Waals surface area (Å²) in [6, 6.07) is 11.9. The van der Waals surface area contributed by atoms with Crippen LogP contribution >= 0.6 is 0 Å². The van der Waals surface area contributed by atoms with Gasteiger partial charge in [-0.3, -0.25) is 18.8 Å². The summed E-state index contributed by atoms with van der Waals surface area (Å²) >= 11 is 0. The Morgan fingerprint density at radius 3 is 2.43 bits per heavy atom. The number of nitrogens with zero attached hydrogens (tertiary/aromatic N) is 3. The molecule has 0 N–H and O–H groups in total. The molecule has 1 aliphatic rings. The van der Waals surface area contributed by atoms with Crippen LogP contribution in [0.4, 0.5) is 0 Å². The van der Waals surface area contributed by atoms with Gasteiger partial charge in [0.25, 0.3) is 5.56 Å². The molecule has 0 fully saturated rings. The molecule has 3 rings (SSSR count). The van der Waals surface area contributed by atoms with Crippen LogP contribution in [0.2, 0.25) is 0 Å². The van der Waals surface area contributed by atoms with Gasteiger partial charge in [0.05, 0.1) is 5.69 Å². The summed E-state index contributed by atoms with van der Waals surface area (Å²) in [5.41, 5.74) is 2.57. The normalized spacial score (nSPS) is 15.5. The van der Waals surface area contributed by atoms with E-state index in [0.29, 0.717) is 0 Å². The van der Waals surface area contributed by atoms with Crippen LogP contribution in [0.1, 0.15) is 17.7 Å². The second-order valence-electron chi connectivity index (χ2n) is 5.97. The molecule has 1 aliphatic heterocycles. The highest BCUT2D eigenvalue weighted by atomic mass is 16.2. The monoisotopic (exact) mass is 311 g/mol. The number of benzene rings is 1. The second-order valence-corrected chi connectivity index (χ2v) is 5.97. The van der Waals surface area contributed by atoms with Crippen molar-refractivity contribution in [2.75, 3.05) is 13.1 Å². The van der Waals surface area contributed by atoms with Crippen LogP contribution in [0.5, 0.6) is 0 Å². The van der Waals surface area contributed by atoms with Gasteiger partial charge in [-0.2, -0.15) is 0 Å². The number of rotatable bonds is 3. The third-order valence-electron chi connectivity index (χ3n) is 4.40. The van der Waals surface area contributed by atoms with Gasteiger partial charge in [-0.05, 0) is 17.6 Å². The molecule has 23 heavy (non-hydrogen) atoms. The molecule has 0 unspecified atom stereocenters. The molecule has 5 nitrogen and oxygen atoms in total. The third-order valence-corrected chi connectivity index (χ3v) is 4.40. The van der Waals surface area contributed by atoms with Gasteiger partial charge in [-0.1, -0.05) is 36.4 Å². The fourth-order valence-electron chi connectivity index (χ4n) is 2.97. The Hall–Kier alpha value is -2.40. The van der Waals surface area contributed by atoms with Crippen molar-refractivity contribution < 1.29 is 0 Å². The van der Waals surface area contributed by atoms with E-state index in [1.807, 2.05) is 6.07 Å². The summed E-state index contributed by atoms with van der Waals surface area (Å²) in [5.74, 6) is 0. The summed E-state index contributed by atoms with van der Waals surface area (Å²) < 4.78 is 2.69. The maximum Gasteiger partial charge on any atom is 0.330 e. The van der Waals surface area contributed by atoms with Gasteiger partial charge in [-0.25, -0.2) is 4.79 Å². The second kappa shape index (κ2) is 6.38. The molecule has 0 saturated carbocycles. The molecule has 5 heteroatoms. The SMILES string of the molecule is Cn1c(C2=CCN(Cc3ccccc3)CC2)cc(=O)n(C)c1=O. The number of hydrogen-bond acceptors (Lipinski definition) is 3. The minimum absolute atomic E-state index is 0.254. The lowest BCUT2D eigenvalue weighted by Crippen LogP contribution is -2.38. The molecule has 120 valence electrons. The van der Waals surface area contributed by atoms with Gasteiger partial charge in [0.1, 0.15) is 0 Å². The van der Waals surface area contributed by atoms with E-state index >= 15 is 0 Å². The third kappa shape index (κ3) is 3.19. The van der Waals surface area contributed by atoms with Crippen LogP contribution < -0.4 is 11.2 Å². The van der Waals surface area contributed by atoms with Crippen LogP contribution in [0.15, 0.2) is 52.1 Å². The van der Waals surface area contributed by atoms with Crippen molar-refractivity contribution in [3.63, 3.8) is 0 Å². The zero-order valence-corrected chi connectivity index (χ0v) is 13.5. The summed E-state index contributed by atoms with van der Waals surface area (Å²) in [4.78, 5) is 26.3. The van der Waals surface area contributed by atoms with Gasteiger partial charge in [0.15, 0.2) is 0 Å². The van der Waals surface area contributed by atoms with Crippen LogP contribution in [0, 0.1) is 0 Å². The Morgan fingerprint density at radius 2 is 1.78 bits per heavy atom. The lowest BCUT2D eigenvalue weighted by atomic mass is 10.0. The zero-order valence-electron chi connectivity index (χ0n) is 13.5. The van der Waals surface area contributed by atoms with Crippen molar-refractivity contribution in [2.45, 2.75) is 13.0 Å². The summed E-state index contributed by atoms with van der Waals surface area (Å²) in [6.45, 7) is 2.66. The lowest BCUT2D eigenvalue weighted by molar-refractivity contribution is 0.293. The first-order valence-corrected chi connectivity index (χ1v) is 7.79. The first-order valence-electron chi connectivity index (χ1n) is 7.79. The van der Waals surface area contributed by atoms with Crippen LogP contribution in [0.3, 0.4) is 0 Å². The minimum atomic E-state index is -0.278. The molecule has 0 aliphatic carbocycles. The van der Waals surface area contributed by atoms with Gasteiger partial charge >= 0.3 is 5.69 Å². The Balaban J connectivity index is 1.80. The van der Waals surface area contributed by atoms with E-state index in [2.05, 4.69) is 35.2 Å². The van der Waals surface area contributed by atoms with Crippen LogP contribution in [-0.4, -0.2) is 27.1 Å². The van der Waals surface area contributed by atoms with Gasteiger partial charge in [-0.15, -0.1) is 0 Å². The molecule has 0 amide bonds. The first-order chi connectivity index (χ1) is 11.1. The fraction of sp³-hybridized carbons (Fsp3) is 0.333. The van der Waals surface area contributed by atoms with Crippen molar-refractivity contribution >= 4 is 5.57 Å². The average molecular weight is 311 g/mol. The van der Waals surface area contributed by atoms with Crippen molar-refractivity contribution in [3.05, 3.63) is 74.6 Å². The van der Waals surface area contributed by atoms with Crippen molar-refractivity contribution in [2.24, 2.45) is 14.1 Å². The fourth-order valence-corrected chi connectivity index (χ4v) is 2.97. The lowest BCUT2D eigenvalue weighted by Gasteiger charge is -2.27. The predicted molar refractivity (Wildman–Crippen MR) is 91.2 cm³/mol. The molecule has 0 bridgehead atoms. The van der Waals surface area contributed by atoms with E-state index < -0.39 is 0 Å². The zero-order chi connectivity index (χ0) is 16.4. The van der Waals surface area contributed by atoms with E-state index in [9.17, 15) is 9.59 Å².